The standard InChI is InChI=1S/C26H23Cl2N5O6S3/c1-38-13-14-3-5-15(6-4-14)16-9-20-24(21(10-16)41(2,34)35)31-26(40-20)23(17-7-18(27)11-19(28)8-17)25-33-32-22(39-25)12-30-42(29,36)37/h3-11,23,30H,12-13H2,1-2H3,(H2,29,36,37). The van der Waals surface area contributed by atoms with Crippen molar-refractivity contribution in [1.82, 2.24) is 19.9 Å². The molecule has 1 atom stereocenters. The first kappa shape index (κ1) is 30.5. The highest BCUT2D eigenvalue weighted by Crippen LogP contribution is 2.41. The zero-order valence-corrected chi connectivity index (χ0v) is 26.0. The number of ether oxygens (including phenoxy) is 1. The number of benzene rings is 3. The van der Waals surface area contributed by atoms with E-state index < -0.39 is 26.0 Å². The predicted molar refractivity (Wildman–Crippen MR) is 161 cm³/mol. The van der Waals surface area contributed by atoms with E-state index in [-0.39, 0.29) is 28.7 Å². The van der Waals surface area contributed by atoms with Gasteiger partial charge >= 0.3 is 0 Å². The fourth-order valence-corrected chi connectivity index (χ4v) is 7.23. The molecular weight excluding hydrogens is 645 g/mol. The van der Waals surface area contributed by atoms with Gasteiger partial charge in [-0.15, -0.1) is 21.5 Å². The lowest BCUT2D eigenvalue weighted by molar-refractivity contribution is 0.185. The molecule has 220 valence electrons. The number of aromatic nitrogens is 3. The molecule has 5 rings (SSSR count). The molecule has 0 saturated heterocycles. The van der Waals surface area contributed by atoms with E-state index in [2.05, 4.69) is 14.9 Å². The van der Waals surface area contributed by atoms with E-state index in [9.17, 15) is 16.8 Å². The molecule has 2 aromatic heterocycles. The molecule has 0 bridgehead atoms. The molecule has 3 N–H and O–H groups in total. The average molecular weight is 669 g/mol. The molecule has 0 radical (unpaired) electrons. The topological polar surface area (TPSA) is 167 Å². The van der Waals surface area contributed by atoms with Crippen LogP contribution in [-0.4, -0.2) is 45.4 Å². The molecule has 0 aliphatic rings. The fourth-order valence-electron chi connectivity index (χ4n) is 4.30. The van der Waals surface area contributed by atoms with E-state index in [1.807, 2.05) is 30.3 Å². The van der Waals surface area contributed by atoms with Crippen LogP contribution >= 0.6 is 34.5 Å². The van der Waals surface area contributed by atoms with Crippen LogP contribution in [0.15, 0.2) is 63.9 Å². The lowest BCUT2D eigenvalue weighted by Crippen LogP contribution is -2.30. The third kappa shape index (κ3) is 6.98. The van der Waals surface area contributed by atoms with Crippen molar-refractivity contribution in [2.24, 2.45) is 5.14 Å². The molecule has 0 aliphatic carbocycles. The van der Waals surface area contributed by atoms with Crippen molar-refractivity contribution in [3.63, 3.8) is 0 Å². The molecule has 42 heavy (non-hydrogen) atoms. The Balaban J connectivity index is 1.67. The molecule has 2 heterocycles. The summed E-state index contributed by atoms with van der Waals surface area (Å²) in [6.45, 7) is 0.121. The monoisotopic (exact) mass is 667 g/mol. The van der Waals surface area contributed by atoms with Crippen LogP contribution in [-0.2, 0) is 37.9 Å². The maximum absolute atomic E-state index is 12.9. The Kier molecular flexibility index (Phi) is 8.70. The smallest absolute Gasteiger partial charge is 0.274 e. The van der Waals surface area contributed by atoms with Gasteiger partial charge in [0.1, 0.15) is 16.4 Å². The van der Waals surface area contributed by atoms with Gasteiger partial charge in [0.05, 0.1) is 22.7 Å². The van der Waals surface area contributed by atoms with E-state index in [0.29, 0.717) is 37.5 Å². The highest BCUT2D eigenvalue weighted by molar-refractivity contribution is 7.91. The number of halogens is 2. The van der Waals surface area contributed by atoms with E-state index >= 15 is 0 Å². The number of nitrogens with one attached hydrogen (secondary N) is 1. The van der Waals surface area contributed by atoms with Crippen LogP contribution in [0.2, 0.25) is 10.0 Å². The molecule has 3 aromatic carbocycles. The first-order valence-electron chi connectivity index (χ1n) is 12.1. The van der Waals surface area contributed by atoms with Crippen molar-refractivity contribution >= 4 is 64.8 Å². The van der Waals surface area contributed by atoms with Gasteiger partial charge in [0.25, 0.3) is 10.2 Å². The molecule has 16 heteroatoms. The molecule has 5 aromatic rings. The summed E-state index contributed by atoms with van der Waals surface area (Å²) in [6, 6.07) is 16.0. The lowest BCUT2D eigenvalue weighted by Gasteiger charge is -2.12. The molecular formula is C26H23Cl2N5O6S3. The van der Waals surface area contributed by atoms with E-state index in [1.54, 1.807) is 31.4 Å². The van der Waals surface area contributed by atoms with Gasteiger partial charge in [-0.1, -0.05) is 47.5 Å². The number of nitrogens with zero attached hydrogens (tertiary/aromatic N) is 3. The zero-order valence-electron chi connectivity index (χ0n) is 22.0. The minimum atomic E-state index is -4.00. The Morgan fingerprint density at radius 2 is 1.69 bits per heavy atom. The quantitative estimate of drug-likeness (QED) is 0.215. The van der Waals surface area contributed by atoms with E-state index in [0.717, 1.165) is 17.4 Å². The molecule has 11 nitrogen and oxygen atoms in total. The van der Waals surface area contributed by atoms with Crippen molar-refractivity contribution in [2.45, 2.75) is 24.0 Å². The van der Waals surface area contributed by atoms with Crippen molar-refractivity contribution in [2.75, 3.05) is 13.4 Å². The number of methoxy groups -OCH3 is 1. The first-order chi connectivity index (χ1) is 19.8. The van der Waals surface area contributed by atoms with Crippen LogP contribution in [0, 0.1) is 0 Å². The molecule has 0 fully saturated rings. The van der Waals surface area contributed by atoms with Gasteiger partial charge in [0.15, 0.2) is 9.84 Å². The molecule has 0 saturated carbocycles. The summed E-state index contributed by atoms with van der Waals surface area (Å²) in [5.74, 6) is -0.790. The second-order valence-corrected chi connectivity index (χ2v) is 14.6. The van der Waals surface area contributed by atoms with Crippen LogP contribution < -0.4 is 9.86 Å². The maximum Gasteiger partial charge on any atom is 0.274 e. The van der Waals surface area contributed by atoms with Gasteiger partial charge in [0, 0.05) is 23.4 Å². The van der Waals surface area contributed by atoms with Crippen LogP contribution in [0.3, 0.4) is 0 Å². The summed E-state index contributed by atoms with van der Waals surface area (Å²) in [7, 11) is -6.09. The highest BCUT2D eigenvalue weighted by Gasteiger charge is 2.29. The number of nitrogens with two attached hydrogens (primary N) is 1. The Hall–Kier alpha value is -2.95. The van der Waals surface area contributed by atoms with Crippen molar-refractivity contribution in [1.29, 1.82) is 0 Å². The lowest BCUT2D eigenvalue weighted by atomic mass is 9.99. The third-order valence-corrected chi connectivity index (χ3v) is 9.25. The summed E-state index contributed by atoms with van der Waals surface area (Å²) >= 11 is 13.9. The number of sulfone groups is 1. The fraction of sp³-hybridized carbons (Fsp3) is 0.192. The van der Waals surface area contributed by atoms with Gasteiger partial charge in [-0.3, -0.25) is 0 Å². The Labute approximate surface area is 255 Å². The SMILES string of the molecule is COCc1ccc(-c2cc(S(C)(=O)=O)c3nc(C(c4cc(Cl)cc(Cl)c4)c4nnc(CNS(N)(=O)=O)o4)sc3c2)cc1. The van der Waals surface area contributed by atoms with Crippen molar-refractivity contribution in [3.05, 3.63) is 92.6 Å². The zero-order chi connectivity index (χ0) is 30.2. The van der Waals surface area contributed by atoms with E-state index in [4.69, 9.17) is 42.5 Å². The predicted octanol–water partition coefficient (Wildman–Crippen LogP) is 4.68. The summed E-state index contributed by atoms with van der Waals surface area (Å²) in [5, 5.41) is 14.2. The molecule has 0 aliphatic heterocycles. The summed E-state index contributed by atoms with van der Waals surface area (Å²) in [5.41, 5.74) is 3.33. The Bertz CT molecular complexity index is 1970. The maximum atomic E-state index is 12.9. The normalized spacial score (nSPS) is 13.1. The summed E-state index contributed by atoms with van der Waals surface area (Å²) < 4.78 is 62.2. The second kappa shape index (κ2) is 12.0. The number of fused-ring (bicyclic) bond motifs is 1. The van der Waals surface area contributed by atoms with Gasteiger partial charge in [-0.25, -0.2) is 18.5 Å². The Morgan fingerprint density at radius 1 is 1.00 bits per heavy atom. The molecule has 1 unspecified atom stereocenters. The highest BCUT2D eigenvalue weighted by atomic mass is 35.5. The molecule has 0 amide bonds. The van der Waals surface area contributed by atoms with Gasteiger partial charge < -0.3 is 9.15 Å². The third-order valence-electron chi connectivity index (χ3n) is 6.09. The van der Waals surface area contributed by atoms with Crippen LogP contribution in [0.4, 0.5) is 0 Å². The average Bonchev–Trinajstić information content (AvgIpc) is 3.53. The van der Waals surface area contributed by atoms with Gasteiger partial charge in [0.2, 0.25) is 11.8 Å². The summed E-state index contributed by atoms with van der Waals surface area (Å²) in [4.78, 5) is 4.80. The van der Waals surface area contributed by atoms with Crippen molar-refractivity contribution in [3.8, 4) is 11.1 Å². The number of rotatable bonds is 10. The number of thiazole rings is 1. The number of hydrogen-bond acceptors (Lipinski definition) is 10. The van der Waals surface area contributed by atoms with Gasteiger partial charge in [-0.05, 0) is 52.6 Å². The van der Waals surface area contributed by atoms with Crippen LogP contribution in [0.25, 0.3) is 21.3 Å². The summed E-state index contributed by atoms with van der Waals surface area (Å²) in [6.07, 6.45) is 1.13. The Morgan fingerprint density at radius 3 is 2.31 bits per heavy atom. The van der Waals surface area contributed by atoms with E-state index in [1.165, 1.54) is 11.3 Å². The van der Waals surface area contributed by atoms with Crippen molar-refractivity contribution < 1.29 is 26.0 Å². The minimum absolute atomic E-state index is 0.0470. The minimum Gasteiger partial charge on any atom is -0.423 e. The van der Waals surface area contributed by atoms with Crippen LogP contribution in [0.1, 0.15) is 33.8 Å². The first-order valence-corrected chi connectivity index (χ1v) is 17.1. The van der Waals surface area contributed by atoms with Gasteiger partial charge in [-0.2, -0.15) is 13.1 Å². The number of hydrogen-bond donors (Lipinski definition) is 2. The largest absolute Gasteiger partial charge is 0.423 e. The second-order valence-electron chi connectivity index (χ2n) is 9.31. The van der Waals surface area contributed by atoms with Crippen LogP contribution in [0.5, 0.6) is 0 Å². The molecule has 0 spiro atoms.